The smallest absolute Gasteiger partial charge is 0.317 e. The van der Waals surface area contributed by atoms with Gasteiger partial charge in [-0.05, 0) is 73.8 Å². The van der Waals surface area contributed by atoms with Gasteiger partial charge in [-0.15, -0.1) is 0 Å². The summed E-state index contributed by atoms with van der Waals surface area (Å²) in [7, 11) is 1.81. The maximum Gasteiger partial charge on any atom is 0.317 e. The van der Waals surface area contributed by atoms with Crippen molar-refractivity contribution in [1.82, 2.24) is 4.90 Å². The van der Waals surface area contributed by atoms with Crippen LogP contribution < -0.4 is 0 Å². The number of fused-ring (bicyclic) bond motifs is 1. The number of carbonyl (C=O) groups is 1. The number of hydrogen-bond acceptors (Lipinski definition) is 2. The van der Waals surface area contributed by atoms with Crippen LogP contribution in [0.4, 0.5) is 4.39 Å². The first-order chi connectivity index (χ1) is 11.9. The summed E-state index contributed by atoms with van der Waals surface area (Å²) in [5.41, 5.74) is 3.09. The molecule has 0 heterocycles. The van der Waals surface area contributed by atoms with E-state index in [-0.39, 0.29) is 17.8 Å². The molecule has 1 unspecified atom stereocenters. The first kappa shape index (κ1) is 17.9. The standard InChI is InChI=1S/C20H21ClFNO2/c1-23(13-19(24)25)11-10-20(15-2-4-16(21)5-3-15)9-8-14-12-17(22)6-7-18(14)20/h2-7,12H,8-11,13H2,1H3,(H,24,25). The van der Waals surface area contributed by atoms with E-state index in [1.807, 2.05) is 42.3 Å². The van der Waals surface area contributed by atoms with Crippen molar-refractivity contribution in [1.29, 1.82) is 0 Å². The molecule has 0 saturated heterocycles. The Kier molecular flexibility index (Phi) is 5.11. The monoisotopic (exact) mass is 361 g/mol. The highest BCUT2D eigenvalue weighted by molar-refractivity contribution is 6.30. The second-order valence-corrected chi connectivity index (χ2v) is 7.21. The van der Waals surface area contributed by atoms with E-state index in [2.05, 4.69) is 0 Å². The number of hydrogen-bond donors (Lipinski definition) is 1. The highest BCUT2D eigenvalue weighted by Crippen LogP contribution is 2.47. The second kappa shape index (κ2) is 7.14. The van der Waals surface area contributed by atoms with E-state index in [1.54, 1.807) is 6.07 Å². The summed E-state index contributed by atoms with van der Waals surface area (Å²) in [6.07, 6.45) is 2.48. The molecule has 0 radical (unpaired) electrons. The van der Waals surface area contributed by atoms with Crippen LogP contribution in [-0.4, -0.2) is 36.1 Å². The Morgan fingerprint density at radius 1 is 1.28 bits per heavy atom. The summed E-state index contributed by atoms with van der Waals surface area (Å²) in [5.74, 6) is -1.05. The van der Waals surface area contributed by atoms with E-state index in [0.717, 1.165) is 36.0 Å². The highest BCUT2D eigenvalue weighted by Gasteiger charge is 2.40. The van der Waals surface area contributed by atoms with E-state index in [0.29, 0.717) is 11.6 Å². The molecule has 0 spiro atoms. The predicted molar refractivity (Wildman–Crippen MR) is 96.7 cm³/mol. The predicted octanol–water partition coefficient (Wildman–Crippen LogP) is 4.12. The van der Waals surface area contributed by atoms with Crippen LogP contribution in [0.3, 0.4) is 0 Å². The van der Waals surface area contributed by atoms with Crippen molar-refractivity contribution in [2.24, 2.45) is 0 Å². The van der Waals surface area contributed by atoms with E-state index >= 15 is 0 Å². The third-order valence-corrected chi connectivity index (χ3v) is 5.38. The lowest BCUT2D eigenvalue weighted by Gasteiger charge is -2.33. The molecule has 2 aromatic rings. The fraction of sp³-hybridized carbons (Fsp3) is 0.350. The van der Waals surface area contributed by atoms with Crippen LogP contribution in [0.5, 0.6) is 0 Å². The maximum atomic E-state index is 13.6. The zero-order valence-corrected chi connectivity index (χ0v) is 14.9. The molecule has 5 heteroatoms. The molecule has 1 aliphatic carbocycles. The first-order valence-corrected chi connectivity index (χ1v) is 8.74. The largest absolute Gasteiger partial charge is 0.480 e. The number of benzene rings is 2. The lowest BCUT2D eigenvalue weighted by atomic mass is 9.73. The van der Waals surface area contributed by atoms with Gasteiger partial charge in [-0.25, -0.2) is 4.39 Å². The number of nitrogens with zero attached hydrogens (tertiary/aromatic N) is 1. The van der Waals surface area contributed by atoms with Crippen LogP contribution in [0.1, 0.15) is 29.5 Å². The van der Waals surface area contributed by atoms with Gasteiger partial charge in [-0.3, -0.25) is 9.69 Å². The van der Waals surface area contributed by atoms with Gasteiger partial charge in [0, 0.05) is 10.4 Å². The average Bonchev–Trinajstić information content (AvgIpc) is 2.92. The summed E-state index contributed by atoms with van der Waals surface area (Å²) >= 11 is 6.05. The molecule has 3 rings (SSSR count). The minimum Gasteiger partial charge on any atom is -0.480 e. The Balaban J connectivity index is 1.96. The van der Waals surface area contributed by atoms with Gasteiger partial charge in [0.1, 0.15) is 5.82 Å². The van der Waals surface area contributed by atoms with Crippen LogP contribution >= 0.6 is 11.6 Å². The molecular weight excluding hydrogens is 341 g/mol. The minimum atomic E-state index is -0.836. The first-order valence-electron chi connectivity index (χ1n) is 8.36. The summed E-state index contributed by atoms with van der Waals surface area (Å²) in [6.45, 7) is 0.652. The van der Waals surface area contributed by atoms with Crippen LogP contribution in [0.2, 0.25) is 5.02 Å². The van der Waals surface area contributed by atoms with E-state index < -0.39 is 5.97 Å². The number of carboxylic acids is 1. The molecule has 0 aromatic heterocycles. The molecule has 1 N–H and O–H groups in total. The lowest BCUT2D eigenvalue weighted by molar-refractivity contribution is -0.138. The van der Waals surface area contributed by atoms with Crippen LogP contribution in [0.25, 0.3) is 0 Å². The van der Waals surface area contributed by atoms with Crippen molar-refractivity contribution in [3.05, 3.63) is 70.0 Å². The molecule has 0 fully saturated rings. The molecule has 25 heavy (non-hydrogen) atoms. The molecule has 0 bridgehead atoms. The van der Waals surface area contributed by atoms with Crippen molar-refractivity contribution in [2.45, 2.75) is 24.7 Å². The van der Waals surface area contributed by atoms with Gasteiger partial charge in [0.2, 0.25) is 0 Å². The molecule has 0 aliphatic heterocycles. The van der Waals surface area contributed by atoms with E-state index in [1.165, 1.54) is 6.07 Å². The second-order valence-electron chi connectivity index (χ2n) is 6.77. The van der Waals surface area contributed by atoms with Gasteiger partial charge in [-0.1, -0.05) is 29.8 Å². The maximum absolute atomic E-state index is 13.6. The van der Waals surface area contributed by atoms with E-state index in [4.69, 9.17) is 16.7 Å². The minimum absolute atomic E-state index is 0.00692. The molecule has 132 valence electrons. The normalized spacial score (nSPS) is 19.2. The fourth-order valence-electron chi connectivity index (χ4n) is 3.88. The molecule has 3 nitrogen and oxygen atoms in total. The average molecular weight is 362 g/mol. The lowest BCUT2D eigenvalue weighted by Crippen LogP contribution is -2.33. The molecule has 1 aliphatic rings. The Morgan fingerprint density at radius 3 is 2.68 bits per heavy atom. The van der Waals surface area contributed by atoms with Crippen LogP contribution in [0, 0.1) is 5.82 Å². The Hall–Kier alpha value is -1.91. The number of aryl methyl sites for hydroxylation is 1. The van der Waals surface area contributed by atoms with Gasteiger partial charge >= 0.3 is 5.97 Å². The third-order valence-electron chi connectivity index (χ3n) is 5.13. The molecular formula is C20H21ClFNO2. The van der Waals surface area contributed by atoms with Crippen LogP contribution in [-0.2, 0) is 16.6 Å². The number of carboxylic acid groups (broad SMARTS) is 1. The zero-order valence-electron chi connectivity index (χ0n) is 14.1. The molecule has 1 atom stereocenters. The van der Waals surface area contributed by atoms with Crippen molar-refractivity contribution in [2.75, 3.05) is 20.1 Å². The topological polar surface area (TPSA) is 40.5 Å². The molecule has 0 saturated carbocycles. The summed E-state index contributed by atoms with van der Waals surface area (Å²) in [6, 6.07) is 12.8. The number of likely N-dealkylation sites (N-methyl/N-ethyl adjacent to an activating group) is 1. The summed E-state index contributed by atoms with van der Waals surface area (Å²) in [5, 5.41) is 9.66. The Morgan fingerprint density at radius 2 is 2.00 bits per heavy atom. The Bertz CT molecular complexity index is 778. The Labute approximate surface area is 152 Å². The zero-order chi connectivity index (χ0) is 18.0. The van der Waals surface area contributed by atoms with Gasteiger partial charge in [0.25, 0.3) is 0 Å². The van der Waals surface area contributed by atoms with Gasteiger partial charge in [-0.2, -0.15) is 0 Å². The third kappa shape index (κ3) is 3.70. The number of aliphatic carboxylic acids is 1. The highest BCUT2D eigenvalue weighted by atomic mass is 35.5. The number of halogens is 2. The fourth-order valence-corrected chi connectivity index (χ4v) is 4.01. The van der Waals surface area contributed by atoms with Gasteiger partial charge < -0.3 is 5.11 Å². The number of rotatable bonds is 6. The SMILES string of the molecule is CN(CCC1(c2ccc(Cl)cc2)CCc2cc(F)ccc21)CC(=O)O. The molecule has 0 amide bonds. The quantitative estimate of drug-likeness (QED) is 0.841. The summed E-state index contributed by atoms with van der Waals surface area (Å²) < 4.78 is 13.6. The van der Waals surface area contributed by atoms with Crippen molar-refractivity contribution in [3.63, 3.8) is 0 Å². The van der Waals surface area contributed by atoms with Gasteiger partial charge in [0.05, 0.1) is 6.54 Å². The van der Waals surface area contributed by atoms with Crippen molar-refractivity contribution >= 4 is 17.6 Å². The van der Waals surface area contributed by atoms with Crippen molar-refractivity contribution in [3.8, 4) is 0 Å². The van der Waals surface area contributed by atoms with Gasteiger partial charge in [0.15, 0.2) is 0 Å². The molecule has 2 aromatic carbocycles. The van der Waals surface area contributed by atoms with Crippen LogP contribution in [0.15, 0.2) is 42.5 Å². The van der Waals surface area contributed by atoms with Crippen molar-refractivity contribution < 1.29 is 14.3 Å². The summed E-state index contributed by atoms with van der Waals surface area (Å²) in [4.78, 5) is 12.7. The van der Waals surface area contributed by atoms with E-state index in [9.17, 15) is 9.18 Å².